The minimum Gasteiger partial charge on any atom is -0.375 e. The summed E-state index contributed by atoms with van der Waals surface area (Å²) in [5.74, 6) is 0.707. The summed E-state index contributed by atoms with van der Waals surface area (Å²) in [5, 5.41) is 3.25. The summed E-state index contributed by atoms with van der Waals surface area (Å²) in [6.07, 6.45) is 3.20. The van der Waals surface area contributed by atoms with Crippen molar-refractivity contribution in [3.8, 4) is 11.4 Å². The molecule has 1 aromatic heterocycles. The van der Waals surface area contributed by atoms with Gasteiger partial charge in [0, 0.05) is 19.8 Å². The average Bonchev–Trinajstić information content (AvgIpc) is 2.50. The van der Waals surface area contributed by atoms with E-state index in [1.165, 1.54) is 0 Å². The molecule has 20 heavy (non-hydrogen) atoms. The lowest BCUT2D eigenvalue weighted by atomic mass is 10.2. The molecule has 2 rings (SSSR count). The van der Waals surface area contributed by atoms with Crippen LogP contribution in [-0.2, 0) is 9.47 Å². The normalized spacial score (nSPS) is 12.4. The third kappa shape index (κ3) is 3.53. The number of anilines is 1. The molecule has 0 amide bonds. The number of hydrogen-bond donors (Lipinski definition) is 1. The molecule has 0 spiro atoms. The molecule has 0 saturated carbocycles. The fourth-order valence-electron chi connectivity index (χ4n) is 1.97. The van der Waals surface area contributed by atoms with Gasteiger partial charge in [-0.1, -0.05) is 30.3 Å². The molecule has 5 heteroatoms. The number of hydrogen-bond acceptors (Lipinski definition) is 5. The summed E-state index contributed by atoms with van der Waals surface area (Å²) in [5.41, 5.74) is 1.83. The number of nitrogens with zero attached hydrogens (tertiary/aromatic N) is 2. The molecule has 0 bridgehead atoms. The maximum atomic E-state index is 5.20. The summed E-state index contributed by atoms with van der Waals surface area (Å²) >= 11 is 0. The summed E-state index contributed by atoms with van der Waals surface area (Å²) in [6, 6.07) is 9.87. The standard InChI is InChI=1S/C15H19N3O2/c1-11(15(19-2)20-3)18-13-9-16-14(17-10-13)12-7-5-4-6-8-12/h4-11,15,18H,1-3H3. The lowest BCUT2D eigenvalue weighted by Gasteiger charge is -2.22. The molecule has 1 N–H and O–H groups in total. The van der Waals surface area contributed by atoms with E-state index in [1.54, 1.807) is 26.6 Å². The molecule has 0 aliphatic heterocycles. The number of ether oxygens (including phenoxy) is 2. The Labute approximate surface area is 119 Å². The summed E-state index contributed by atoms with van der Waals surface area (Å²) in [4.78, 5) is 8.72. The van der Waals surface area contributed by atoms with Crippen molar-refractivity contribution in [3.05, 3.63) is 42.7 Å². The van der Waals surface area contributed by atoms with Crippen LogP contribution in [0.3, 0.4) is 0 Å². The fourth-order valence-corrected chi connectivity index (χ4v) is 1.97. The molecule has 106 valence electrons. The SMILES string of the molecule is COC(OC)C(C)Nc1cnc(-c2ccccc2)nc1. The van der Waals surface area contributed by atoms with E-state index >= 15 is 0 Å². The molecular weight excluding hydrogens is 254 g/mol. The van der Waals surface area contributed by atoms with Crippen molar-refractivity contribution in [2.75, 3.05) is 19.5 Å². The van der Waals surface area contributed by atoms with Gasteiger partial charge in [0.15, 0.2) is 12.1 Å². The monoisotopic (exact) mass is 273 g/mol. The van der Waals surface area contributed by atoms with Crippen LogP contribution in [0.5, 0.6) is 0 Å². The highest BCUT2D eigenvalue weighted by molar-refractivity contribution is 5.55. The first kappa shape index (κ1) is 14.4. The van der Waals surface area contributed by atoms with Crippen molar-refractivity contribution in [2.45, 2.75) is 19.3 Å². The van der Waals surface area contributed by atoms with Crippen molar-refractivity contribution in [3.63, 3.8) is 0 Å². The molecule has 5 nitrogen and oxygen atoms in total. The van der Waals surface area contributed by atoms with Crippen LogP contribution in [-0.4, -0.2) is 36.5 Å². The van der Waals surface area contributed by atoms with Gasteiger partial charge in [-0.25, -0.2) is 9.97 Å². The van der Waals surface area contributed by atoms with Crippen molar-refractivity contribution < 1.29 is 9.47 Å². The highest BCUT2D eigenvalue weighted by Gasteiger charge is 2.15. The summed E-state index contributed by atoms with van der Waals surface area (Å²) in [7, 11) is 3.22. The van der Waals surface area contributed by atoms with Gasteiger partial charge in [-0.05, 0) is 6.92 Å². The molecule has 0 aliphatic rings. The maximum absolute atomic E-state index is 5.20. The van der Waals surface area contributed by atoms with Gasteiger partial charge < -0.3 is 14.8 Å². The first-order chi connectivity index (χ1) is 9.74. The lowest BCUT2D eigenvalue weighted by Crippen LogP contribution is -2.33. The van der Waals surface area contributed by atoms with Crippen molar-refractivity contribution >= 4 is 5.69 Å². The molecule has 1 heterocycles. The minimum absolute atomic E-state index is 0.00354. The van der Waals surface area contributed by atoms with Crippen LogP contribution >= 0.6 is 0 Å². The molecule has 0 saturated heterocycles. The first-order valence-corrected chi connectivity index (χ1v) is 6.44. The molecule has 0 radical (unpaired) electrons. The summed E-state index contributed by atoms with van der Waals surface area (Å²) in [6.45, 7) is 1.97. The number of nitrogens with one attached hydrogen (secondary N) is 1. The van der Waals surface area contributed by atoms with E-state index in [9.17, 15) is 0 Å². The lowest BCUT2D eigenvalue weighted by molar-refractivity contribution is -0.109. The van der Waals surface area contributed by atoms with Crippen molar-refractivity contribution in [1.29, 1.82) is 0 Å². The number of methoxy groups -OCH3 is 2. The van der Waals surface area contributed by atoms with Crippen LogP contribution in [0.2, 0.25) is 0 Å². The average molecular weight is 273 g/mol. The van der Waals surface area contributed by atoms with Gasteiger partial charge in [0.1, 0.15) is 0 Å². The van der Waals surface area contributed by atoms with Gasteiger partial charge in [-0.15, -0.1) is 0 Å². The molecule has 2 aromatic rings. The zero-order valence-electron chi connectivity index (χ0n) is 11.9. The first-order valence-electron chi connectivity index (χ1n) is 6.44. The number of aromatic nitrogens is 2. The smallest absolute Gasteiger partial charge is 0.176 e. The van der Waals surface area contributed by atoms with Crippen molar-refractivity contribution in [1.82, 2.24) is 9.97 Å². The number of benzene rings is 1. The molecule has 0 aliphatic carbocycles. The van der Waals surface area contributed by atoms with E-state index in [0.29, 0.717) is 5.82 Å². The Balaban J connectivity index is 2.05. The minimum atomic E-state index is -0.316. The Bertz CT molecular complexity index is 512. The van der Waals surface area contributed by atoms with Gasteiger partial charge in [-0.3, -0.25) is 0 Å². The summed E-state index contributed by atoms with van der Waals surface area (Å²) < 4.78 is 10.4. The van der Waals surface area contributed by atoms with Gasteiger partial charge in [0.2, 0.25) is 0 Å². The predicted molar refractivity (Wildman–Crippen MR) is 78.4 cm³/mol. The van der Waals surface area contributed by atoms with Crippen LogP contribution in [0.15, 0.2) is 42.7 Å². The Hall–Kier alpha value is -1.98. The van der Waals surface area contributed by atoms with E-state index in [1.807, 2.05) is 37.3 Å². The molecule has 1 unspecified atom stereocenters. The third-order valence-electron chi connectivity index (χ3n) is 2.95. The van der Waals surface area contributed by atoms with E-state index in [0.717, 1.165) is 11.3 Å². The van der Waals surface area contributed by atoms with Gasteiger partial charge >= 0.3 is 0 Å². The Kier molecular flexibility index (Phi) is 5.03. The predicted octanol–water partition coefficient (Wildman–Crippen LogP) is 2.56. The van der Waals surface area contributed by atoms with Crippen LogP contribution < -0.4 is 5.32 Å². The molecular formula is C15H19N3O2. The highest BCUT2D eigenvalue weighted by Crippen LogP contribution is 2.15. The second-order valence-corrected chi connectivity index (χ2v) is 4.43. The van der Waals surface area contributed by atoms with Crippen LogP contribution in [0.1, 0.15) is 6.92 Å². The quantitative estimate of drug-likeness (QED) is 0.820. The topological polar surface area (TPSA) is 56.3 Å². The zero-order chi connectivity index (χ0) is 14.4. The molecule has 1 aromatic carbocycles. The van der Waals surface area contributed by atoms with Gasteiger partial charge in [0.05, 0.1) is 24.1 Å². The van der Waals surface area contributed by atoms with E-state index < -0.39 is 0 Å². The molecule has 1 atom stereocenters. The van der Waals surface area contributed by atoms with E-state index in [2.05, 4.69) is 15.3 Å². The second-order valence-electron chi connectivity index (χ2n) is 4.43. The third-order valence-corrected chi connectivity index (χ3v) is 2.95. The van der Waals surface area contributed by atoms with Gasteiger partial charge in [0.25, 0.3) is 0 Å². The number of rotatable bonds is 6. The van der Waals surface area contributed by atoms with E-state index in [-0.39, 0.29) is 12.3 Å². The Morgan fingerprint density at radius 1 is 1.00 bits per heavy atom. The Morgan fingerprint density at radius 3 is 2.15 bits per heavy atom. The van der Waals surface area contributed by atoms with Crippen molar-refractivity contribution in [2.24, 2.45) is 0 Å². The largest absolute Gasteiger partial charge is 0.375 e. The van der Waals surface area contributed by atoms with E-state index in [4.69, 9.17) is 9.47 Å². The maximum Gasteiger partial charge on any atom is 0.176 e. The molecule has 0 fully saturated rings. The Morgan fingerprint density at radius 2 is 1.60 bits per heavy atom. The van der Waals surface area contributed by atoms with Crippen LogP contribution in [0, 0.1) is 0 Å². The fraction of sp³-hybridized carbons (Fsp3) is 0.333. The van der Waals surface area contributed by atoms with Crippen LogP contribution in [0.25, 0.3) is 11.4 Å². The second kappa shape index (κ2) is 6.98. The highest BCUT2D eigenvalue weighted by atomic mass is 16.7. The zero-order valence-corrected chi connectivity index (χ0v) is 11.9. The van der Waals surface area contributed by atoms with Gasteiger partial charge in [-0.2, -0.15) is 0 Å². The van der Waals surface area contributed by atoms with Crippen LogP contribution in [0.4, 0.5) is 5.69 Å².